The van der Waals surface area contributed by atoms with E-state index in [-0.39, 0.29) is 65.1 Å². The fourth-order valence-electron chi connectivity index (χ4n) is 8.82. The molecule has 0 aromatic carbocycles. The van der Waals surface area contributed by atoms with Crippen LogP contribution in [0.4, 0.5) is 0 Å². The van der Waals surface area contributed by atoms with Gasteiger partial charge in [-0.05, 0) is 80.0 Å². The summed E-state index contributed by atoms with van der Waals surface area (Å²) in [5.41, 5.74) is -0.432. The first-order valence-corrected chi connectivity index (χ1v) is 13.0. The third-order valence-electron chi connectivity index (χ3n) is 10.6. The maximum atomic E-state index is 13.9. The Morgan fingerprint density at radius 2 is 1.88 bits per heavy atom. The van der Waals surface area contributed by atoms with Gasteiger partial charge >= 0.3 is 11.9 Å². The zero-order chi connectivity index (χ0) is 24.1. The Balaban J connectivity index is 1.65. The van der Waals surface area contributed by atoms with Crippen molar-refractivity contribution in [1.82, 2.24) is 0 Å². The fourth-order valence-corrected chi connectivity index (χ4v) is 8.82. The third kappa shape index (κ3) is 4.04. The van der Waals surface area contributed by atoms with Crippen LogP contribution >= 0.6 is 0 Å². The van der Waals surface area contributed by atoms with Crippen LogP contribution in [0.2, 0.25) is 0 Å². The fraction of sp³-hybridized carbons (Fsp3) is 0.889. The molecule has 0 amide bonds. The van der Waals surface area contributed by atoms with Gasteiger partial charge in [0, 0.05) is 31.1 Å². The number of methoxy groups -OCH3 is 1. The quantitative estimate of drug-likeness (QED) is 0.612. The molecule has 4 rings (SSSR count). The number of rotatable bonds is 5. The second-order valence-corrected chi connectivity index (χ2v) is 12.0. The van der Waals surface area contributed by atoms with Crippen molar-refractivity contribution in [2.75, 3.05) is 7.11 Å². The normalized spacial score (nSPS) is 45.4. The number of aliphatic hydroxyl groups excluding tert-OH is 1. The van der Waals surface area contributed by atoms with Crippen LogP contribution in [0.5, 0.6) is 0 Å². The van der Waals surface area contributed by atoms with E-state index in [9.17, 15) is 19.5 Å². The first kappa shape index (κ1) is 24.7. The topological polar surface area (TPSA) is 89.9 Å². The number of carbonyl (C=O) groups is 3. The molecule has 10 atom stereocenters. The number of ketones is 1. The summed E-state index contributed by atoms with van der Waals surface area (Å²) in [7, 11) is 1.42. The number of hydrogen-bond acceptors (Lipinski definition) is 6. The van der Waals surface area contributed by atoms with Gasteiger partial charge in [0.05, 0.1) is 13.2 Å². The van der Waals surface area contributed by atoms with E-state index in [4.69, 9.17) is 9.47 Å². The van der Waals surface area contributed by atoms with E-state index < -0.39 is 5.41 Å². The molecule has 1 N–H and O–H groups in total. The van der Waals surface area contributed by atoms with Crippen molar-refractivity contribution >= 4 is 17.7 Å². The van der Waals surface area contributed by atoms with Crippen LogP contribution < -0.4 is 0 Å². The van der Waals surface area contributed by atoms with E-state index in [1.807, 2.05) is 0 Å². The summed E-state index contributed by atoms with van der Waals surface area (Å²) in [6.45, 7) is 8.14. The van der Waals surface area contributed by atoms with Crippen molar-refractivity contribution in [3.63, 3.8) is 0 Å². The predicted molar refractivity (Wildman–Crippen MR) is 123 cm³/mol. The van der Waals surface area contributed by atoms with E-state index in [0.717, 1.165) is 44.9 Å². The van der Waals surface area contributed by atoms with Crippen molar-refractivity contribution in [3.8, 4) is 0 Å². The summed E-state index contributed by atoms with van der Waals surface area (Å²) in [5.74, 6) is 1.25. The minimum atomic E-state index is -0.438. The maximum Gasteiger partial charge on any atom is 0.305 e. The van der Waals surface area contributed by atoms with Gasteiger partial charge in [-0.15, -0.1) is 0 Å². The van der Waals surface area contributed by atoms with Crippen LogP contribution in [0.3, 0.4) is 0 Å². The second kappa shape index (κ2) is 8.98. The lowest BCUT2D eigenvalue weighted by Crippen LogP contribution is -2.61. The summed E-state index contributed by atoms with van der Waals surface area (Å²) in [5, 5.41) is 10.4. The van der Waals surface area contributed by atoms with Gasteiger partial charge in [-0.1, -0.05) is 20.8 Å². The van der Waals surface area contributed by atoms with E-state index in [2.05, 4.69) is 20.8 Å². The molecule has 0 heterocycles. The number of hydrogen-bond donors (Lipinski definition) is 1. The largest absolute Gasteiger partial charge is 0.469 e. The number of carbonyl (C=O) groups excluding carboxylic acids is 3. The zero-order valence-corrected chi connectivity index (χ0v) is 21.0. The standard InChI is InChI=1S/C27H42O6/c1-15(6-9-24(31)32-5)19-7-8-20-25-21(14-23(30)27(19,20)4)26(3)11-10-18(29)12-17(26)13-22(25)33-16(2)28/h15,17-22,25,29H,6-14H2,1-5H3/t15-,17+,18-,19+,20-,21-,22+,25-,26-,27+/m0/s1. The first-order chi connectivity index (χ1) is 15.5. The molecule has 0 aromatic heterocycles. The molecule has 4 fully saturated rings. The molecule has 0 bridgehead atoms. The first-order valence-electron chi connectivity index (χ1n) is 13.0. The molecule has 0 spiro atoms. The number of ether oxygens (including phenoxy) is 2. The summed E-state index contributed by atoms with van der Waals surface area (Å²) in [6, 6.07) is 0. The minimum absolute atomic E-state index is 0.00607. The maximum absolute atomic E-state index is 13.9. The van der Waals surface area contributed by atoms with Crippen molar-refractivity contribution in [3.05, 3.63) is 0 Å². The van der Waals surface area contributed by atoms with E-state index in [0.29, 0.717) is 18.6 Å². The monoisotopic (exact) mass is 462 g/mol. The van der Waals surface area contributed by atoms with E-state index >= 15 is 0 Å². The van der Waals surface area contributed by atoms with E-state index in [1.165, 1.54) is 14.0 Å². The van der Waals surface area contributed by atoms with Gasteiger partial charge in [0.1, 0.15) is 11.9 Å². The third-order valence-corrected chi connectivity index (χ3v) is 10.6. The molecule has 0 aromatic rings. The second-order valence-electron chi connectivity index (χ2n) is 12.0. The lowest BCUT2D eigenvalue weighted by atomic mass is 9.43. The zero-order valence-electron chi connectivity index (χ0n) is 21.0. The van der Waals surface area contributed by atoms with Gasteiger partial charge < -0.3 is 14.6 Å². The van der Waals surface area contributed by atoms with Crippen LogP contribution in [-0.2, 0) is 23.9 Å². The molecule has 33 heavy (non-hydrogen) atoms. The molecule has 4 aliphatic carbocycles. The lowest BCUT2D eigenvalue weighted by molar-refractivity contribution is -0.194. The highest BCUT2D eigenvalue weighted by molar-refractivity contribution is 5.87. The summed E-state index contributed by atoms with van der Waals surface area (Å²) in [6.07, 6.45) is 6.37. The van der Waals surface area contributed by atoms with Crippen molar-refractivity contribution < 1.29 is 29.0 Å². The molecule has 6 nitrogen and oxygen atoms in total. The molecule has 4 saturated carbocycles. The van der Waals surface area contributed by atoms with Gasteiger partial charge in [0.2, 0.25) is 0 Å². The van der Waals surface area contributed by atoms with Gasteiger partial charge in [-0.2, -0.15) is 0 Å². The van der Waals surface area contributed by atoms with Gasteiger partial charge in [-0.3, -0.25) is 14.4 Å². The Labute approximate surface area is 198 Å². The van der Waals surface area contributed by atoms with Gasteiger partial charge in [0.15, 0.2) is 0 Å². The molecule has 0 unspecified atom stereocenters. The highest BCUT2D eigenvalue weighted by atomic mass is 16.5. The van der Waals surface area contributed by atoms with Crippen molar-refractivity contribution in [1.29, 1.82) is 0 Å². The molecule has 0 radical (unpaired) electrons. The average Bonchev–Trinajstić information content (AvgIpc) is 3.11. The van der Waals surface area contributed by atoms with Gasteiger partial charge in [0.25, 0.3) is 0 Å². The Hall–Kier alpha value is -1.43. The van der Waals surface area contributed by atoms with Crippen LogP contribution in [0.25, 0.3) is 0 Å². The van der Waals surface area contributed by atoms with Crippen molar-refractivity contribution in [2.24, 2.45) is 46.3 Å². The molecular weight excluding hydrogens is 420 g/mol. The van der Waals surface area contributed by atoms with Crippen LogP contribution in [0, 0.1) is 46.3 Å². The SMILES string of the molecule is COC(=O)CC[C@H](C)[C@H]1CC[C@H]2[C@@H]3[C@H](OC(C)=O)C[C@H]4C[C@@H](O)CC[C@]4(C)[C@H]3CC(=O)[C@]12C. The molecule has 4 aliphatic rings. The highest BCUT2D eigenvalue weighted by Gasteiger charge is 2.66. The van der Waals surface area contributed by atoms with Crippen LogP contribution in [0.1, 0.15) is 85.5 Å². The average molecular weight is 463 g/mol. The number of Topliss-reactive ketones (excluding diaryl/α,β-unsaturated/α-hetero) is 1. The highest BCUT2D eigenvalue weighted by Crippen LogP contribution is 2.67. The molecular formula is C27H42O6. The van der Waals surface area contributed by atoms with Gasteiger partial charge in [-0.25, -0.2) is 0 Å². The Morgan fingerprint density at radius 1 is 1.15 bits per heavy atom. The number of esters is 2. The molecule has 6 heteroatoms. The molecule has 186 valence electrons. The number of fused-ring (bicyclic) bond motifs is 5. The van der Waals surface area contributed by atoms with Crippen LogP contribution in [0.15, 0.2) is 0 Å². The summed E-state index contributed by atoms with van der Waals surface area (Å²) in [4.78, 5) is 37.7. The van der Waals surface area contributed by atoms with Crippen LogP contribution in [-0.4, -0.2) is 42.1 Å². The Kier molecular flexibility index (Phi) is 6.71. The lowest BCUT2D eigenvalue weighted by Gasteiger charge is -2.62. The summed E-state index contributed by atoms with van der Waals surface area (Å²) < 4.78 is 10.8. The Morgan fingerprint density at radius 3 is 2.55 bits per heavy atom. The van der Waals surface area contributed by atoms with E-state index in [1.54, 1.807) is 0 Å². The summed E-state index contributed by atoms with van der Waals surface area (Å²) >= 11 is 0. The number of aliphatic hydroxyl groups is 1. The minimum Gasteiger partial charge on any atom is -0.469 e. The predicted octanol–water partition coefficient (Wildman–Crippen LogP) is 4.32. The molecule has 0 aliphatic heterocycles. The Bertz CT molecular complexity index is 793. The smallest absolute Gasteiger partial charge is 0.305 e. The van der Waals surface area contributed by atoms with Crippen molar-refractivity contribution in [2.45, 2.75) is 97.7 Å². The molecule has 0 saturated heterocycles.